The Balaban J connectivity index is 1.64. The van der Waals surface area contributed by atoms with Gasteiger partial charge < -0.3 is 81.0 Å². The molecule has 8 amide bonds. The van der Waals surface area contributed by atoms with Gasteiger partial charge in [0.05, 0.1) is 6.33 Å². The first-order valence-electron chi connectivity index (χ1n) is 24.3. The summed E-state index contributed by atoms with van der Waals surface area (Å²) in [5.74, 6) is -8.78. The average molecular weight is 1110 g/mol. The molecule has 0 saturated heterocycles. The predicted molar refractivity (Wildman–Crippen MR) is 292 cm³/mol. The van der Waals surface area contributed by atoms with Crippen LogP contribution < -0.4 is 65.9 Å². The Morgan fingerprint density at radius 3 is 1.62 bits per heavy atom. The lowest BCUT2D eigenvalue weighted by Gasteiger charge is -2.28. The Morgan fingerprint density at radius 1 is 0.558 bits per heavy atom. The van der Waals surface area contributed by atoms with Crippen LogP contribution in [0, 0.1) is 0 Å². The van der Waals surface area contributed by atoms with Crippen molar-refractivity contribution < 1.29 is 48.3 Å². The summed E-state index contributed by atoms with van der Waals surface area (Å²) in [7, 11) is 0. The SMILES string of the molecule is NC(=O)[C@H](CS)NC(=O)[C@H](Cc1c[nH]c2ccccc12)NC(=O)[C@H](CCCN=C(N)N)NC(=O)[C@@H](Cc1ccccc1)NC(=O)[C@H](Cc1cnc[nH]1)NC(=O)[C@H](CCC(=O)O)NC(=O)[C@H](CS)NC(=O)CCCN=C(N)N. The van der Waals surface area contributed by atoms with Crippen LogP contribution in [0.25, 0.3) is 10.9 Å². The third-order valence-electron chi connectivity index (χ3n) is 11.7. The number of hydrogen-bond acceptors (Lipinski definition) is 14. The standard InChI is InChI=1S/C48H67N17O10S2/c49-40(69)36(23-76)65-44(73)34(19-27-21-57-30-11-5-4-10-29(27)30)63-41(70)31(12-6-16-55-47(50)51)60-43(72)33(18-26-8-2-1-3-9-26)62-45(74)35(20-28-22-54-25-58-28)64-42(71)32(14-15-39(67)68)61-46(75)37(24-77)59-38(66)13-7-17-56-48(52)53/h1-5,8-11,21-22,25,31-37,57,76-77H,6-7,12-20,23-24H2,(H2,49,69)(H,54,58)(H,59,66)(H,60,72)(H,61,75)(H,62,74)(H,63,70)(H,64,71)(H,65,73)(H,67,68)(H4,50,51,55)(H4,52,53,56)/t31-,32-,33+,34-,35-,36-,37-/m0/s1. The molecule has 2 aromatic heterocycles. The minimum Gasteiger partial charge on any atom is -0.481 e. The maximum absolute atomic E-state index is 14.7. The summed E-state index contributed by atoms with van der Waals surface area (Å²) in [6.45, 7) is 0.173. The van der Waals surface area contributed by atoms with Crippen molar-refractivity contribution in [3.8, 4) is 0 Å². The molecule has 416 valence electrons. The minimum atomic E-state index is -1.57. The van der Waals surface area contributed by atoms with E-state index in [2.05, 4.69) is 87.4 Å². The Bertz CT molecular complexity index is 2700. The van der Waals surface area contributed by atoms with Gasteiger partial charge in [-0.15, -0.1) is 0 Å². The molecule has 29 heteroatoms. The van der Waals surface area contributed by atoms with Crippen molar-refractivity contribution in [2.75, 3.05) is 24.6 Å². The fourth-order valence-corrected chi connectivity index (χ4v) is 8.20. The number of H-pyrrole nitrogens is 2. The minimum absolute atomic E-state index is 0.0300. The second kappa shape index (κ2) is 31.5. The Labute approximate surface area is 453 Å². The van der Waals surface area contributed by atoms with Gasteiger partial charge in [-0.2, -0.15) is 25.3 Å². The number of para-hydroxylation sites is 1. The highest BCUT2D eigenvalue weighted by Gasteiger charge is 2.35. The largest absolute Gasteiger partial charge is 0.481 e. The molecule has 4 aromatic rings. The number of aromatic nitrogens is 3. The zero-order valence-electron chi connectivity index (χ0n) is 41.9. The second-order valence-electron chi connectivity index (χ2n) is 17.6. The zero-order chi connectivity index (χ0) is 56.4. The Kier molecular flexibility index (Phi) is 25.1. The van der Waals surface area contributed by atoms with Gasteiger partial charge in [0.15, 0.2) is 11.9 Å². The number of guanidine groups is 2. The molecule has 20 N–H and O–H groups in total. The van der Waals surface area contributed by atoms with Crippen LogP contribution in [-0.4, -0.2) is 152 Å². The first-order valence-corrected chi connectivity index (χ1v) is 25.6. The molecule has 0 aliphatic carbocycles. The van der Waals surface area contributed by atoms with Crippen molar-refractivity contribution in [3.63, 3.8) is 0 Å². The number of nitrogens with one attached hydrogen (secondary N) is 9. The number of aliphatic carboxylic acids is 1. The van der Waals surface area contributed by atoms with Gasteiger partial charge in [-0.1, -0.05) is 48.5 Å². The highest BCUT2D eigenvalue weighted by atomic mass is 32.1. The highest BCUT2D eigenvalue weighted by Crippen LogP contribution is 2.20. The fraction of sp³-hybridized carbons (Fsp3) is 0.417. The summed E-state index contributed by atoms with van der Waals surface area (Å²) in [5.41, 5.74) is 29.6. The average Bonchev–Trinajstić information content (AvgIpc) is 4.08. The molecule has 0 saturated carbocycles. The number of fused-ring (bicyclic) bond motifs is 1. The van der Waals surface area contributed by atoms with E-state index in [0.717, 1.165) is 10.9 Å². The number of benzene rings is 2. The number of carbonyl (C=O) groups is 9. The number of aromatic amines is 2. The first kappa shape index (κ1) is 61.2. The lowest BCUT2D eigenvalue weighted by molar-refractivity contribution is -0.138. The van der Waals surface area contributed by atoms with Crippen LogP contribution in [0.2, 0.25) is 0 Å². The fourth-order valence-electron chi connectivity index (χ4n) is 7.67. The van der Waals surface area contributed by atoms with Gasteiger partial charge in [0.25, 0.3) is 0 Å². The smallest absolute Gasteiger partial charge is 0.303 e. The molecular weight excluding hydrogens is 1040 g/mol. The van der Waals surface area contributed by atoms with Gasteiger partial charge in [-0.3, -0.25) is 53.1 Å². The number of hydrogen-bond donors (Lipinski definition) is 17. The van der Waals surface area contributed by atoms with Gasteiger partial charge in [0.1, 0.15) is 42.3 Å². The maximum atomic E-state index is 14.7. The number of thiol groups is 2. The summed E-state index contributed by atoms with van der Waals surface area (Å²) in [6.07, 6.45) is 3.04. The number of rotatable bonds is 33. The van der Waals surface area contributed by atoms with Crippen LogP contribution in [0.3, 0.4) is 0 Å². The van der Waals surface area contributed by atoms with E-state index in [1.54, 1.807) is 42.6 Å². The third-order valence-corrected chi connectivity index (χ3v) is 12.4. The monoisotopic (exact) mass is 1110 g/mol. The van der Waals surface area contributed by atoms with Crippen molar-refractivity contribution in [2.24, 2.45) is 38.7 Å². The van der Waals surface area contributed by atoms with E-state index in [4.69, 9.17) is 28.7 Å². The summed E-state index contributed by atoms with van der Waals surface area (Å²) >= 11 is 8.32. The third kappa shape index (κ3) is 21.1. The molecular formula is C48H67N17O10S2. The quantitative estimate of drug-likeness (QED) is 0.00959. The van der Waals surface area contributed by atoms with E-state index in [-0.39, 0.29) is 81.5 Å². The van der Waals surface area contributed by atoms with Crippen LogP contribution in [0.5, 0.6) is 0 Å². The molecule has 0 radical (unpaired) electrons. The molecule has 0 aliphatic heterocycles. The van der Waals surface area contributed by atoms with Crippen molar-refractivity contribution in [1.82, 2.24) is 52.2 Å². The van der Waals surface area contributed by atoms with E-state index in [1.165, 1.54) is 12.5 Å². The van der Waals surface area contributed by atoms with E-state index < -0.39 is 108 Å². The number of carbonyl (C=O) groups excluding carboxylic acids is 8. The lowest BCUT2D eigenvalue weighted by Crippen LogP contribution is -2.61. The van der Waals surface area contributed by atoms with E-state index >= 15 is 0 Å². The first-order chi connectivity index (χ1) is 36.8. The molecule has 27 nitrogen and oxygen atoms in total. The van der Waals surface area contributed by atoms with E-state index in [9.17, 15) is 48.3 Å². The molecule has 0 unspecified atom stereocenters. The number of imidazole rings is 1. The number of nitrogens with two attached hydrogens (primary N) is 5. The number of amides is 8. The molecule has 0 fully saturated rings. The van der Waals surface area contributed by atoms with Crippen LogP contribution in [-0.2, 0) is 62.4 Å². The van der Waals surface area contributed by atoms with Crippen molar-refractivity contribution in [3.05, 3.63) is 90.1 Å². The summed E-state index contributed by atoms with van der Waals surface area (Å²) in [4.78, 5) is 140. The van der Waals surface area contributed by atoms with Crippen molar-refractivity contribution in [2.45, 2.75) is 100 Å². The normalized spacial score (nSPS) is 13.6. The number of primary amides is 1. The van der Waals surface area contributed by atoms with Gasteiger partial charge >= 0.3 is 5.97 Å². The highest BCUT2D eigenvalue weighted by molar-refractivity contribution is 7.80. The number of carboxylic acids is 1. The predicted octanol–water partition coefficient (Wildman–Crippen LogP) is -3.37. The molecule has 4 rings (SSSR count). The van der Waals surface area contributed by atoms with Crippen molar-refractivity contribution in [1.29, 1.82) is 0 Å². The van der Waals surface area contributed by atoms with E-state index in [0.29, 0.717) is 16.8 Å². The maximum Gasteiger partial charge on any atom is 0.303 e. The van der Waals surface area contributed by atoms with Gasteiger partial charge in [-0.25, -0.2) is 4.98 Å². The molecule has 77 heavy (non-hydrogen) atoms. The molecule has 0 aliphatic rings. The van der Waals surface area contributed by atoms with Gasteiger partial charge in [-0.05, 0) is 42.9 Å². The Hall–Kier alpha value is -8.34. The molecule has 0 spiro atoms. The summed E-state index contributed by atoms with van der Waals surface area (Å²) < 4.78 is 0. The summed E-state index contributed by atoms with van der Waals surface area (Å²) in [6, 6.07) is 6.00. The molecule has 2 aromatic carbocycles. The molecule has 0 bridgehead atoms. The number of nitrogens with zero attached hydrogens (tertiary/aromatic N) is 3. The van der Waals surface area contributed by atoms with E-state index in [1.807, 2.05) is 18.2 Å². The van der Waals surface area contributed by atoms with Crippen LogP contribution in [0.1, 0.15) is 55.3 Å². The number of carboxylic acid groups (broad SMARTS) is 1. The lowest BCUT2D eigenvalue weighted by atomic mass is 10.0. The van der Waals surface area contributed by atoms with Crippen LogP contribution in [0.4, 0.5) is 0 Å². The topological polar surface area (TPSA) is 457 Å². The summed E-state index contributed by atoms with van der Waals surface area (Å²) in [5, 5.41) is 28.5. The number of aliphatic imine (C=N–C) groups is 2. The van der Waals surface area contributed by atoms with Gasteiger partial charge in [0.2, 0.25) is 47.3 Å². The van der Waals surface area contributed by atoms with Gasteiger partial charge in [0, 0.05) is 85.7 Å². The second-order valence-corrected chi connectivity index (χ2v) is 18.3. The van der Waals surface area contributed by atoms with Crippen LogP contribution >= 0.6 is 25.3 Å². The Morgan fingerprint density at radius 2 is 1.06 bits per heavy atom. The van der Waals surface area contributed by atoms with Crippen molar-refractivity contribution >= 4 is 101 Å². The molecule has 2 heterocycles. The zero-order valence-corrected chi connectivity index (χ0v) is 43.7. The molecule has 7 atom stereocenters. The van der Waals surface area contributed by atoms with Crippen LogP contribution in [0.15, 0.2) is 83.3 Å².